The van der Waals surface area contributed by atoms with Crippen LogP contribution in [-0.4, -0.2) is 50.2 Å². The van der Waals surface area contributed by atoms with E-state index in [2.05, 4.69) is 27.8 Å². The first-order chi connectivity index (χ1) is 13.6. The Balaban J connectivity index is 1.78. The van der Waals surface area contributed by atoms with Crippen LogP contribution < -0.4 is 10.6 Å². The maximum absolute atomic E-state index is 11.3. The Morgan fingerprint density at radius 3 is 2.32 bits per heavy atom. The second kappa shape index (κ2) is 16.0. The fourth-order valence-corrected chi connectivity index (χ4v) is 2.87. The molecule has 7 heteroatoms. The van der Waals surface area contributed by atoms with Crippen LogP contribution in [-0.2, 0) is 19.1 Å². The molecule has 0 fully saturated rings. The van der Waals surface area contributed by atoms with Gasteiger partial charge >= 0.3 is 0 Å². The van der Waals surface area contributed by atoms with Gasteiger partial charge in [-0.15, -0.1) is 0 Å². The molecule has 0 unspecified atom stereocenters. The number of unbranched alkanes of at least 4 members (excludes halogenated alkanes) is 8. The Bertz CT molecular complexity index is 544. The molecule has 1 aliphatic heterocycles. The van der Waals surface area contributed by atoms with E-state index >= 15 is 0 Å². The summed E-state index contributed by atoms with van der Waals surface area (Å²) in [6.07, 6.45) is 15.7. The van der Waals surface area contributed by atoms with Crippen molar-refractivity contribution in [3.63, 3.8) is 0 Å². The average Bonchev–Trinajstić information content (AvgIpc) is 3.11. The monoisotopic (exact) mass is 393 g/mol. The Labute approximate surface area is 168 Å². The molecule has 0 aromatic carbocycles. The summed E-state index contributed by atoms with van der Waals surface area (Å²) in [5, 5.41) is 5.02. The Hall–Kier alpha value is -2.02. The molecule has 0 atom stereocenters. The molecule has 1 rings (SSSR count). The number of allylic oxidation sites excluding steroid dienone is 2. The van der Waals surface area contributed by atoms with Gasteiger partial charge in [0.1, 0.15) is 19.0 Å². The highest BCUT2D eigenvalue weighted by molar-refractivity contribution is 6.36. The van der Waals surface area contributed by atoms with Gasteiger partial charge in [-0.25, -0.2) is 0 Å². The summed E-state index contributed by atoms with van der Waals surface area (Å²) in [4.78, 5) is 37.4. The number of carbonyl (C=O) groups is 3. The number of hydrogen-bond donors (Lipinski definition) is 2. The van der Waals surface area contributed by atoms with Crippen molar-refractivity contribution in [3.8, 4) is 0 Å². The molecule has 7 nitrogen and oxygen atoms in total. The van der Waals surface area contributed by atoms with E-state index in [4.69, 9.17) is 4.74 Å². The molecule has 1 aliphatic rings. The molecule has 2 amide bonds. The minimum atomic E-state index is -0.485. The van der Waals surface area contributed by atoms with Crippen LogP contribution in [0.3, 0.4) is 0 Å². The van der Waals surface area contributed by atoms with E-state index in [9.17, 15) is 14.4 Å². The molecule has 0 spiro atoms. The second-order valence-electron chi connectivity index (χ2n) is 6.99. The number of amides is 2. The molecule has 0 radical (unpaired) electrons. The van der Waals surface area contributed by atoms with E-state index in [1.165, 1.54) is 26.3 Å². The van der Waals surface area contributed by atoms with Gasteiger partial charge in [0.05, 0.1) is 0 Å². The number of amidine groups is 1. The van der Waals surface area contributed by atoms with Gasteiger partial charge in [0.15, 0.2) is 0 Å². The summed E-state index contributed by atoms with van der Waals surface area (Å²) in [5.41, 5.74) is 0. The first kappa shape index (κ1) is 24.0. The summed E-state index contributed by atoms with van der Waals surface area (Å²) < 4.78 is 5.50. The molecule has 28 heavy (non-hydrogen) atoms. The van der Waals surface area contributed by atoms with Gasteiger partial charge in [0, 0.05) is 20.1 Å². The highest BCUT2D eigenvalue weighted by Crippen LogP contribution is 2.08. The fraction of sp³-hybridized carbons (Fsp3) is 0.714. The van der Waals surface area contributed by atoms with Gasteiger partial charge in [-0.2, -0.15) is 0 Å². The Morgan fingerprint density at radius 1 is 1.04 bits per heavy atom. The average molecular weight is 394 g/mol. The lowest BCUT2D eigenvalue weighted by Crippen LogP contribution is -2.28. The lowest BCUT2D eigenvalue weighted by atomic mass is 10.1. The van der Waals surface area contributed by atoms with Gasteiger partial charge in [-0.05, 0) is 38.5 Å². The standard InChI is InChI=1S/C21H35N3O4/c1-22-21(27)18(25)14-12-10-8-6-4-2-3-5-7-9-11-13-15-28-17-19-23-16-20(26)24-19/h2,4H,3,5-17H2,1H3,(H,22,27)(H,23,24,26)/b4-2-. The van der Waals surface area contributed by atoms with Crippen molar-refractivity contribution in [2.45, 2.75) is 70.6 Å². The molecule has 2 N–H and O–H groups in total. The smallest absolute Gasteiger partial charge is 0.287 e. The second-order valence-corrected chi connectivity index (χ2v) is 6.99. The van der Waals surface area contributed by atoms with Crippen molar-refractivity contribution < 1.29 is 19.1 Å². The van der Waals surface area contributed by atoms with Crippen molar-refractivity contribution in [1.29, 1.82) is 0 Å². The quantitative estimate of drug-likeness (QED) is 0.226. The van der Waals surface area contributed by atoms with Crippen LogP contribution >= 0.6 is 0 Å². The lowest BCUT2D eigenvalue weighted by molar-refractivity contribution is -0.137. The molecule has 0 bridgehead atoms. The third kappa shape index (κ3) is 12.4. The molecule has 158 valence electrons. The summed E-state index contributed by atoms with van der Waals surface area (Å²) in [7, 11) is 1.48. The van der Waals surface area contributed by atoms with Gasteiger partial charge in [-0.1, -0.05) is 37.8 Å². The number of nitrogens with one attached hydrogen (secondary N) is 2. The summed E-state index contributed by atoms with van der Waals surface area (Å²) in [5.74, 6) is -0.209. The Morgan fingerprint density at radius 2 is 1.68 bits per heavy atom. The highest BCUT2D eigenvalue weighted by atomic mass is 16.5. The third-order valence-electron chi connectivity index (χ3n) is 4.52. The first-order valence-corrected chi connectivity index (χ1v) is 10.4. The number of Topliss-reactive ketones (excluding diaryl/α,β-unsaturated/α-hetero) is 1. The third-order valence-corrected chi connectivity index (χ3v) is 4.52. The number of ketones is 1. The number of hydrogen-bond acceptors (Lipinski definition) is 5. The van der Waals surface area contributed by atoms with E-state index in [0.717, 1.165) is 44.9 Å². The van der Waals surface area contributed by atoms with Gasteiger partial charge in [0.25, 0.3) is 5.91 Å². The maximum Gasteiger partial charge on any atom is 0.287 e. The minimum absolute atomic E-state index is 0.0537. The van der Waals surface area contributed by atoms with E-state index in [0.29, 0.717) is 25.5 Å². The number of nitrogens with zero attached hydrogens (tertiary/aromatic N) is 1. The van der Waals surface area contributed by atoms with Crippen molar-refractivity contribution in [2.75, 3.05) is 26.8 Å². The van der Waals surface area contributed by atoms with Gasteiger partial charge in [-0.3, -0.25) is 19.4 Å². The number of likely N-dealkylation sites (N-methyl/N-ethyl adjacent to an activating group) is 1. The molecular formula is C21H35N3O4. The maximum atomic E-state index is 11.3. The van der Waals surface area contributed by atoms with Gasteiger partial charge in [0.2, 0.25) is 11.7 Å². The normalized spacial score (nSPS) is 13.6. The van der Waals surface area contributed by atoms with Crippen LogP contribution in [0.1, 0.15) is 70.6 Å². The van der Waals surface area contributed by atoms with Crippen molar-refractivity contribution >= 4 is 23.4 Å². The predicted octanol–water partition coefficient (Wildman–Crippen LogP) is 2.69. The minimum Gasteiger partial charge on any atom is -0.374 e. The summed E-state index contributed by atoms with van der Waals surface area (Å²) in [6, 6.07) is 0. The lowest BCUT2D eigenvalue weighted by Gasteiger charge is -2.04. The molecular weight excluding hydrogens is 358 g/mol. The SMILES string of the molecule is CNC(=O)C(=O)CCCCC/C=C\CCCCCCCOCC1=NCC(=O)N1. The van der Waals surface area contributed by atoms with E-state index < -0.39 is 5.91 Å². The van der Waals surface area contributed by atoms with Crippen LogP contribution in [0.15, 0.2) is 17.1 Å². The van der Waals surface area contributed by atoms with E-state index in [-0.39, 0.29) is 18.2 Å². The number of carbonyl (C=O) groups excluding carboxylic acids is 3. The van der Waals surface area contributed by atoms with Crippen LogP contribution in [0.5, 0.6) is 0 Å². The van der Waals surface area contributed by atoms with Crippen LogP contribution in [0.4, 0.5) is 0 Å². The zero-order chi connectivity index (χ0) is 20.5. The molecule has 0 saturated heterocycles. The largest absolute Gasteiger partial charge is 0.374 e. The number of rotatable bonds is 17. The molecule has 0 aromatic rings. The Kier molecular flexibility index (Phi) is 13.7. The van der Waals surface area contributed by atoms with Crippen molar-refractivity contribution in [1.82, 2.24) is 10.6 Å². The predicted molar refractivity (Wildman–Crippen MR) is 110 cm³/mol. The summed E-state index contributed by atoms with van der Waals surface area (Å²) >= 11 is 0. The van der Waals surface area contributed by atoms with E-state index in [1.54, 1.807) is 0 Å². The molecule has 1 heterocycles. The first-order valence-electron chi connectivity index (χ1n) is 10.4. The zero-order valence-corrected chi connectivity index (χ0v) is 17.1. The van der Waals surface area contributed by atoms with E-state index in [1.807, 2.05) is 0 Å². The van der Waals surface area contributed by atoms with Crippen molar-refractivity contribution in [2.24, 2.45) is 4.99 Å². The highest BCUT2D eigenvalue weighted by Gasteiger charge is 2.12. The molecule has 0 aliphatic carbocycles. The van der Waals surface area contributed by atoms with Crippen LogP contribution in [0.2, 0.25) is 0 Å². The zero-order valence-electron chi connectivity index (χ0n) is 17.1. The number of ether oxygens (including phenoxy) is 1. The van der Waals surface area contributed by atoms with Gasteiger partial charge < -0.3 is 15.4 Å². The van der Waals surface area contributed by atoms with Crippen molar-refractivity contribution in [3.05, 3.63) is 12.2 Å². The fourth-order valence-electron chi connectivity index (χ4n) is 2.87. The number of aliphatic imine (C=N–C) groups is 1. The molecule has 0 saturated carbocycles. The topological polar surface area (TPSA) is 96.9 Å². The molecule has 0 aromatic heterocycles. The van der Waals surface area contributed by atoms with Crippen LogP contribution in [0.25, 0.3) is 0 Å². The summed E-state index contributed by atoms with van der Waals surface area (Å²) in [6.45, 7) is 1.34. The van der Waals surface area contributed by atoms with Crippen LogP contribution in [0, 0.1) is 0 Å².